The Morgan fingerprint density at radius 2 is 1.89 bits per heavy atom. The highest BCUT2D eigenvalue weighted by Gasteiger charge is 2.22. The highest BCUT2D eigenvalue weighted by Crippen LogP contribution is 2.28. The Hall–Kier alpha value is -1.51. The predicted molar refractivity (Wildman–Crippen MR) is 72.9 cm³/mol. The van der Waals surface area contributed by atoms with Crippen molar-refractivity contribution in [3.05, 3.63) is 30.3 Å². The molecule has 18 heavy (non-hydrogen) atoms. The molecule has 0 saturated heterocycles. The highest BCUT2D eigenvalue weighted by atomic mass is 16.4. The van der Waals surface area contributed by atoms with Crippen LogP contribution in [0.25, 0.3) is 0 Å². The lowest BCUT2D eigenvalue weighted by Gasteiger charge is -2.31. The van der Waals surface area contributed by atoms with E-state index < -0.39 is 5.97 Å². The number of benzene rings is 1. The quantitative estimate of drug-likeness (QED) is 0.838. The molecule has 0 amide bonds. The Labute approximate surface area is 108 Å². The molecular formula is C15H21NO2. The van der Waals surface area contributed by atoms with Gasteiger partial charge in [-0.05, 0) is 31.4 Å². The average molecular weight is 247 g/mol. The van der Waals surface area contributed by atoms with E-state index in [4.69, 9.17) is 5.11 Å². The zero-order valence-electron chi connectivity index (χ0n) is 10.7. The summed E-state index contributed by atoms with van der Waals surface area (Å²) in [6.07, 6.45) is 6.06. The Morgan fingerprint density at radius 3 is 2.50 bits per heavy atom. The van der Waals surface area contributed by atoms with Gasteiger partial charge in [-0.25, -0.2) is 0 Å². The molecule has 0 atom stereocenters. The van der Waals surface area contributed by atoms with Crippen LogP contribution in [0.15, 0.2) is 30.3 Å². The van der Waals surface area contributed by atoms with E-state index in [-0.39, 0.29) is 6.42 Å². The smallest absolute Gasteiger partial charge is 0.303 e. The van der Waals surface area contributed by atoms with Crippen molar-refractivity contribution in [2.24, 2.45) is 0 Å². The van der Waals surface area contributed by atoms with Crippen LogP contribution < -0.4 is 4.90 Å². The second-order valence-corrected chi connectivity index (χ2v) is 4.96. The molecule has 1 N–H and O–H groups in total. The van der Waals surface area contributed by atoms with Gasteiger partial charge in [0.2, 0.25) is 0 Å². The fourth-order valence-corrected chi connectivity index (χ4v) is 2.76. The lowest BCUT2D eigenvalue weighted by molar-refractivity contribution is -0.137. The molecule has 1 saturated carbocycles. The zero-order chi connectivity index (χ0) is 12.8. The third kappa shape index (κ3) is 3.49. The van der Waals surface area contributed by atoms with Crippen molar-refractivity contribution in [1.29, 1.82) is 0 Å². The molecule has 0 radical (unpaired) electrons. The second kappa shape index (κ2) is 6.43. The number of carbonyl (C=O) groups is 1. The van der Waals surface area contributed by atoms with Gasteiger partial charge in [-0.15, -0.1) is 0 Å². The summed E-state index contributed by atoms with van der Waals surface area (Å²) < 4.78 is 0. The molecule has 0 heterocycles. The van der Waals surface area contributed by atoms with Crippen molar-refractivity contribution in [3.63, 3.8) is 0 Å². The normalized spacial score (nSPS) is 15.8. The maximum atomic E-state index is 10.6. The minimum absolute atomic E-state index is 0.260. The topological polar surface area (TPSA) is 40.5 Å². The van der Waals surface area contributed by atoms with Crippen LogP contribution in [-0.4, -0.2) is 23.7 Å². The van der Waals surface area contributed by atoms with Gasteiger partial charge in [-0.2, -0.15) is 0 Å². The number of rotatable bonds is 6. The fraction of sp³-hybridized carbons (Fsp3) is 0.533. The van der Waals surface area contributed by atoms with Crippen molar-refractivity contribution < 1.29 is 9.90 Å². The van der Waals surface area contributed by atoms with Crippen molar-refractivity contribution in [3.8, 4) is 0 Å². The molecule has 0 aliphatic heterocycles. The van der Waals surface area contributed by atoms with Crippen molar-refractivity contribution >= 4 is 11.7 Å². The van der Waals surface area contributed by atoms with E-state index in [0.29, 0.717) is 6.04 Å². The van der Waals surface area contributed by atoms with Crippen LogP contribution in [0.5, 0.6) is 0 Å². The molecule has 1 aliphatic carbocycles. The van der Waals surface area contributed by atoms with Crippen LogP contribution in [0.1, 0.15) is 38.5 Å². The summed E-state index contributed by atoms with van der Waals surface area (Å²) in [6, 6.07) is 11.0. The number of carboxylic acids is 1. The maximum absolute atomic E-state index is 10.6. The first-order valence-electron chi connectivity index (χ1n) is 6.81. The monoisotopic (exact) mass is 247 g/mol. The summed E-state index contributed by atoms with van der Waals surface area (Å²) in [5, 5.41) is 8.74. The van der Waals surface area contributed by atoms with E-state index in [0.717, 1.165) is 13.0 Å². The molecule has 0 spiro atoms. The first-order valence-corrected chi connectivity index (χ1v) is 6.81. The third-order valence-corrected chi connectivity index (χ3v) is 3.64. The second-order valence-electron chi connectivity index (χ2n) is 4.96. The van der Waals surface area contributed by atoms with E-state index in [9.17, 15) is 4.79 Å². The van der Waals surface area contributed by atoms with E-state index in [1.807, 2.05) is 6.07 Å². The molecule has 0 unspecified atom stereocenters. The number of nitrogens with zero attached hydrogens (tertiary/aromatic N) is 1. The van der Waals surface area contributed by atoms with Gasteiger partial charge in [0.25, 0.3) is 0 Å². The largest absolute Gasteiger partial charge is 0.481 e. The molecule has 1 aromatic carbocycles. The third-order valence-electron chi connectivity index (χ3n) is 3.64. The summed E-state index contributed by atoms with van der Waals surface area (Å²) in [4.78, 5) is 13.0. The SMILES string of the molecule is O=C(O)CCCN(c1ccccc1)C1CCCC1. The molecule has 98 valence electrons. The molecule has 3 heteroatoms. The van der Waals surface area contributed by atoms with Gasteiger partial charge >= 0.3 is 5.97 Å². The van der Waals surface area contributed by atoms with Crippen LogP contribution in [0.2, 0.25) is 0 Å². The summed E-state index contributed by atoms with van der Waals surface area (Å²) >= 11 is 0. The molecule has 3 nitrogen and oxygen atoms in total. The summed E-state index contributed by atoms with van der Waals surface area (Å²) in [5.41, 5.74) is 1.23. The van der Waals surface area contributed by atoms with Crippen LogP contribution in [0.3, 0.4) is 0 Å². The highest BCUT2D eigenvalue weighted by molar-refractivity contribution is 5.66. The Morgan fingerprint density at radius 1 is 1.22 bits per heavy atom. The number of aliphatic carboxylic acids is 1. The first kappa shape index (κ1) is 12.9. The summed E-state index contributed by atoms with van der Waals surface area (Å²) in [7, 11) is 0. The standard InChI is InChI=1S/C15H21NO2/c17-15(18)11-6-12-16(14-9-4-5-10-14)13-7-2-1-3-8-13/h1-3,7-8,14H,4-6,9-12H2,(H,17,18). The van der Waals surface area contributed by atoms with Gasteiger partial charge < -0.3 is 10.0 Å². The van der Waals surface area contributed by atoms with Gasteiger partial charge in [0.15, 0.2) is 0 Å². The van der Waals surface area contributed by atoms with Crippen LogP contribution in [0.4, 0.5) is 5.69 Å². The summed E-state index contributed by atoms with van der Waals surface area (Å²) in [6.45, 7) is 0.848. The van der Waals surface area contributed by atoms with E-state index >= 15 is 0 Å². The molecule has 0 bridgehead atoms. The van der Waals surface area contributed by atoms with Crippen molar-refractivity contribution in [1.82, 2.24) is 0 Å². The minimum atomic E-state index is -0.700. The van der Waals surface area contributed by atoms with Crippen molar-refractivity contribution in [2.45, 2.75) is 44.6 Å². The number of para-hydroxylation sites is 1. The lowest BCUT2D eigenvalue weighted by Crippen LogP contribution is -2.34. The van der Waals surface area contributed by atoms with E-state index in [1.54, 1.807) is 0 Å². The number of hydrogen-bond acceptors (Lipinski definition) is 2. The van der Waals surface area contributed by atoms with E-state index in [1.165, 1.54) is 31.4 Å². The molecule has 1 aromatic rings. The van der Waals surface area contributed by atoms with Gasteiger partial charge in [0, 0.05) is 24.7 Å². The average Bonchev–Trinajstić information content (AvgIpc) is 2.89. The zero-order valence-corrected chi connectivity index (χ0v) is 10.7. The Balaban J connectivity index is 2.00. The van der Waals surface area contributed by atoms with Gasteiger partial charge in [0.1, 0.15) is 0 Å². The molecule has 1 fully saturated rings. The molecule has 1 aliphatic rings. The number of carboxylic acid groups (broad SMARTS) is 1. The van der Waals surface area contributed by atoms with E-state index in [2.05, 4.69) is 29.2 Å². The first-order chi connectivity index (χ1) is 8.77. The maximum Gasteiger partial charge on any atom is 0.303 e. The minimum Gasteiger partial charge on any atom is -0.481 e. The van der Waals surface area contributed by atoms with Crippen molar-refractivity contribution in [2.75, 3.05) is 11.4 Å². The van der Waals surface area contributed by atoms with Crippen LogP contribution >= 0.6 is 0 Å². The Bertz CT molecular complexity index is 371. The van der Waals surface area contributed by atoms with Gasteiger partial charge in [-0.1, -0.05) is 31.0 Å². The van der Waals surface area contributed by atoms with Crippen LogP contribution in [0, 0.1) is 0 Å². The number of hydrogen-bond donors (Lipinski definition) is 1. The fourth-order valence-electron chi connectivity index (χ4n) is 2.76. The molecule has 0 aromatic heterocycles. The number of anilines is 1. The van der Waals surface area contributed by atoms with Gasteiger partial charge in [0.05, 0.1) is 0 Å². The van der Waals surface area contributed by atoms with Crippen LogP contribution in [-0.2, 0) is 4.79 Å². The predicted octanol–water partition coefficient (Wildman–Crippen LogP) is 3.30. The lowest BCUT2D eigenvalue weighted by atomic mass is 10.1. The Kier molecular flexibility index (Phi) is 4.62. The van der Waals surface area contributed by atoms with Gasteiger partial charge in [-0.3, -0.25) is 4.79 Å². The summed E-state index contributed by atoms with van der Waals surface area (Å²) in [5.74, 6) is -0.700. The molecule has 2 rings (SSSR count). The molecular weight excluding hydrogens is 226 g/mol.